The lowest BCUT2D eigenvalue weighted by molar-refractivity contribution is 0.609. The van der Waals surface area contributed by atoms with Crippen LogP contribution in [0.5, 0.6) is 0 Å². The SMILES string of the molecule is CCCCCCN(CCCCCC)c1ccc2ccccc2c1. The molecule has 0 saturated carbocycles. The Hall–Kier alpha value is -1.50. The summed E-state index contributed by atoms with van der Waals surface area (Å²) in [7, 11) is 0. The van der Waals surface area contributed by atoms with Crippen molar-refractivity contribution >= 4 is 16.5 Å². The summed E-state index contributed by atoms with van der Waals surface area (Å²) in [5.41, 5.74) is 1.40. The minimum atomic E-state index is 1.20. The van der Waals surface area contributed by atoms with Gasteiger partial charge in [-0.15, -0.1) is 0 Å². The number of nitrogens with zero attached hydrogens (tertiary/aromatic N) is 1. The molecule has 0 amide bonds. The van der Waals surface area contributed by atoms with E-state index in [4.69, 9.17) is 0 Å². The van der Waals surface area contributed by atoms with Gasteiger partial charge in [-0.1, -0.05) is 82.7 Å². The summed E-state index contributed by atoms with van der Waals surface area (Å²) in [5.74, 6) is 0. The van der Waals surface area contributed by atoms with Crippen molar-refractivity contribution in [1.82, 2.24) is 0 Å². The molecule has 0 N–H and O–H groups in total. The maximum absolute atomic E-state index is 2.61. The number of unbranched alkanes of at least 4 members (excludes halogenated alkanes) is 6. The van der Waals surface area contributed by atoms with Crippen LogP contribution in [0.3, 0.4) is 0 Å². The highest BCUT2D eigenvalue weighted by atomic mass is 15.1. The van der Waals surface area contributed by atoms with Crippen LogP contribution in [0.2, 0.25) is 0 Å². The van der Waals surface area contributed by atoms with Gasteiger partial charge < -0.3 is 4.90 Å². The quantitative estimate of drug-likeness (QED) is 0.412. The molecule has 126 valence electrons. The third-order valence-electron chi connectivity index (χ3n) is 4.66. The van der Waals surface area contributed by atoms with Gasteiger partial charge in [-0.3, -0.25) is 0 Å². The molecule has 2 rings (SSSR count). The van der Waals surface area contributed by atoms with Gasteiger partial charge in [-0.25, -0.2) is 0 Å². The summed E-state index contributed by atoms with van der Waals surface area (Å²) in [6, 6.07) is 15.6. The number of anilines is 1. The zero-order valence-corrected chi connectivity index (χ0v) is 15.1. The predicted molar refractivity (Wildman–Crippen MR) is 104 cm³/mol. The van der Waals surface area contributed by atoms with Crippen molar-refractivity contribution in [3.05, 3.63) is 42.5 Å². The highest BCUT2D eigenvalue weighted by Gasteiger charge is 2.07. The fraction of sp³-hybridized carbons (Fsp3) is 0.545. The summed E-state index contributed by atoms with van der Waals surface area (Å²) in [4.78, 5) is 2.61. The van der Waals surface area contributed by atoms with Gasteiger partial charge >= 0.3 is 0 Å². The van der Waals surface area contributed by atoms with Crippen LogP contribution in [-0.4, -0.2) is 13.1 Å². The lowest BCUT2D eigenvalue weighted by Gasteiger charge is -2.25. The lowest BCUT2D eigenvalue weighted by atomic mass is 10.1. The monoisotopic (exact) mass is 311 g/mol. The van der Waals surface area contributed by atoms with Crippen molar-refractivity contribution < 1.29 is 0 Å². The summed E-state index contributed by atoms with van der Waals surface area (Å²) >= 11 is 0. The van der Waals surface area contributed by atoms with E-state index in [2.05, 4.69) is 61.2 Å². The first-order chi connectivity index (χ1) is 11.3. The first kappa shape index (κ1) is 17.8. The Bertz CT molecular complexity index is 549. The van der Waals surface area contributed by atoms with E-state index in [0.29, 0.717) is 0 Å². The molecule has 1 nitrogen and oxygen atoms in total. The number of benzene rings is 2. The van der Waals surface area contributed by atoms with Crippen LogP contribution < -0.4 is 4.90 Å². The third kappa shape index (κ3) is 5.89. The molecule has 0 spiro atoms. The first-order valence-electron chi connectivity index (χ1n) is 9.59. The molecule has 0 aromatic heterocycles. The third-order valence-corrected chi connectivity index (χ3v) is 4.66. The molecule has 0 unspecified atom stereocenters. The molecule has 2 aromatic carbocycles. The molecule has 0 aliphatic heterocycles. The van der Waals surface area contributed by atoms with Crippen molar-refractivity contribution in [2.45, 2.75) is 65.2 Å². The minimum Gasteiger partial charge on any atom is -0.372 e. The molecule has 0 aliphatic carbocycles. The molecule has 23 heavy (non-hydrogen) atoms. The molecular weight excluding hydrogens is 278 g/mol. The summed E-state index contributed by atoms with van der Waals surface area (Å²) in [5, 5.41) is 2.70. The summed E-state index contributed by atoms with van der Waals surface area (Å²) < 4.78 is 0. The van der Waals surface area contributed by atoms with Gasteiger partial charge in [0, 0.05) is 18.8 Å². The minimum absolute atomic E-state index is 1.20. The average Bonchev–Trinajstić information content (AvgIpc) is 2.60. The normalized spacial score (nSPS) is 11.0. The van der Waals surface area contributed by atoms with Crippen molar-refractivity contribution in [1.29, 1.82) is 0 Å². The first-order valence-corrected chi connectivity index (χ1v) is 9.59. The van der Waals surface area contributed by atoms with Crippen molar-refractivity contribution in [3.8, 4) is 0 Å². The lowest BCUT2D eigenvalue weighted by Crippen LogP contribution is -2.25. The Balaban J connectivity index is 2.02. The van der Waals surface area contributed by atoms with Crippen molar-refractivity contribution in [2.75, 3.05) is 18.0 Å². The molecular formula is C22H33N. The Kier molecular flexibility index (Phi) is 8.00. The van der Waals surface area contributed by atoms with Gasteiger partial charge in [-0.05, 0) is 35.7 Å². The average molecular weight is 312 g/mol. The summed E-state index contributed by atoms with van der Waals surface area (Å²) in [6.07, 6.45) is 10.7. The van der Waals surface area contributed by atoms with E-state index in [-0.39, 0.29) is 0 Å². The van der Waals surface area contributed by atoms with Crippen molar-refractivity contribution in [3.63, 3.8) is 0 Å². The Morgan fingerprint density at radius 1 is 0.652 bits per heavy atom. The molecule has 0 atom stereocenters. The van der Waals surface area contributed by atoms with E-state index in [9.17, 15) is 0 Å². The van der Waals surface area contributed by atoms with E-state index in [1.54, 1.807) is 0 Å². The van der Waals surface area contributed by atoms with Gasteiger partial charge in [-0.2, -0.15) is 0 Å². The maximum atomic E-state index is 2.61. The molecule has 0 fully saturated rings. The van der Waals surface area contributed by atoms with E-state index in [1.807, 2.05) is 0 Å². The summed E-state index contributed by atoms with van der Waals surface area (Å²) in [6.45, 7) is 6.96. The van der Waals surface area contributed by atoms with Crippen LogP contribution in [-0.2, 0) is 0 Å². The topological polar surface area (TPSA) is 3.24 Å². The standard InChI is InChI=1S/C22H33N/c1-3-5-7-11-17-23(18-12-8-6-4-2)22-16-15-20-13-9-10-14-21(20)19-22/h9-10,13-16,19H,3-8,11-12,17-18H2,1-2H3. The van der Waals surface area contributed by atoms with Gasteiger partial charge in [0.1, 0.15) is 0 Å². The van der Waals surface area contributed by atoms with E-state index < -0.39 is 0 Å². The number of rotatable bonds is 11. The second-order valence-electron chi connectivity index (χ2n) is 6.64. The van der Waals surface area contributed by atoms with Crippen LogP contribution in [0, 0.1) is 0 Å². The second-order valence-corrected chi connectivity index (χ2v) is 6.64. The van der Waals surface area contributed by atoms with E-state index >= 15 is 0 Å². The highest BCUT2D eigenvalue weighted by molar-refractivity contribution is 5.85. The van der Waals surface area contributed by atoms with Gasteiger partial charge in [0.25, 0.3) is 0 Å². The highest BCUT2D eigenvalue weighted by Crippen LogP contribution is 2.23. The van der Waals surface area contributed by atoms with Crippen LogP contribution >= 0.6 is 0 Å². The van der Waals surface area contributed by atoms with Crippen LogP contribution in [0.25, 0.3) is 10.8 Å². The molecule has 2 aromatic rings. The van der Waals surface area contributed by atoms with Crippen LogP contribution in [0.4, 0.5) is 5.69 Å². The zero-order valence-electron chi connectivity index (χ0n) is 15.1. The van der Waals surface area contributed by atoms with E-state index in [1.165, 1.54) is 80.9 Å². The fourth-order valence-corrected chi connectivity index (χ4v) is 3.20. The molecule has 0 heterocycles. The largest absolute Gasteiger partial charge is 0.372 e. The van der Waals surface area contributed by atoms with Gasteiger partial charge in [0.15, 0.2) is 0 Å². The smallest absolute Gasteiger partial charge is 0.0372 e. The van der Waals surface area contributed by atoms with Gasteiger partial charge in [0.2, 0.25) is 0 Å². The molecule has 0 bridgehead atoms. The molecule has 0 radical (unpaired) electrons. The zero-order chi connectivity index (χ0) is 16.3. The number of fused-ring (bicyclic) bond motifs is 1. The molecule has 0 saturated heterocycles. The van der Waals surface area contributed by atoms with Gasteiger partial charge in [0.05, 0.1) is 0 Å². The van der Waals surface area contributed by atoms with Crippen molar-refractivity contribution in [2.24, 2.45) is 0 Å². The van der Waals surface area contributed by atoms with Crippen LogP contribution in [0.1, 0.15) is 65.2 Å². The second kappa shape index (κ2) is 10.3. The Labute approximate surface area is 142 Å². The number of hydrogen-bond acceptors (Lipinski definition) is 1. The van der Waals surface area contributed by atoms with E-state index in [0.717, 1.165) is 0 Å². The Morgan fingerprint density at radius 3 is 1.87 bits per heavy atom. The van der Waals surface area contributed by atoms with Crippen LogP contribution in [0.15, 0.2) is 42.5 Å². The Morgan fingerprint density at radius 2 is 1.26 bits per heavy atom. The molecule has 1 heteroatoms. The predicted octanol–water partition coefficient (Wildman–Crippen LogP) is 6.81. The number of hydrogen-bond donors (Lipinski definition) is 0. The molecule has 0 aliphatic rings. The maximum Gasteiger partial charge on any atom is 0.0372 e. The fourth-order valence-electron chi connectivity index (χ4n) is 3.20.